The van der Waals surface area contributed by atoms with Gasteiger partial charge < -0.3 is 24.7 Å². The van der Waals surface area contributed by atoms with Crippen LogP contribution in [0.3, 0.4) is 0 Å². The van der Waals surface area contributed by atoms with E-state index in [1.165, 1.54) is 24.3 Å². The quantitative estimate of drug-likeness (QED) is 0.318. The molecule has 3 aromatic rings. The molecule has 0 bridgehead atoms. The van der Waals surface area contributed by atoms with Gasteiger partial charge in [0.2, 0.25) is 5.82 Å². The van der Waals surface area contributed by atoms with Crippen molar-refractivity contribution in [3.63, 3.8) is 0 Å². The predicted molar refractivity (Wildman–Crippen MR) is 114 cm³/mol. The van der Waals surface area contributed by atoms with Crippen molar-refractivity contribution in [2.24, 2.45) is 0 Å². The van der Waals surface area contributed by atoms with Crippen molar-refractivity contribution < 1.29 is 67.2 Å². The summed E-state index contributed by atoms with van der Waals surface area (Å²) in [6.45, 7) is -0.367. The normalized spacial score (nSPS) is 13.2. The van der Waals surface area contributed by atoms with Crippen LogP contribution in [0.1, 0.15) is 25.1 Å². The van der Waals surface area contributed by atoms with E-state index in [1.54, 1.807) is 12.1 Å². The third-order valence-electron chi connectivity index (χ3n) is 5.07. The Morgan fingerprint density at radius 1 is 1.09 bits per heavy atom. The topological polar surface area (TPSA) is 98.4 Å². The number of nitrogens with zero attached hydrogens (tertiary/aromatic N) is 2. The second-order valence-electron chi connectivity index (χ2n) is 7.71. The molecule has 2 atom stereocenters. The van der Waals surface area contributed by atoms with Gasteiger partial charge in [0.1, 0.15) is 5.82 Å². The van der Waals surface area contributed by atoms with Crippen molar-refractivity contribution in [3.05, 3.63) is 65.2 Å². The maximum absolute atomic E-state index is 14.0. The molecule has 0 aliphatic carbocycles. The molecule has 2 aromatic carbocycles. The van der Waals surface area contributed by atoms with Gasteiger partial charge in [-0.25, -0.2) is 9.37 Å². The summed E-state index contributed by atoms with van der Waals surface area (Å²) in [6, 6.07) is 10.9. The number of aromatic nitrogens is 2. The number of imidazole rings is 1. The molecule has 0 saturated carbocycles. The second kappa shape index (κ2) is 12.3. The van der Waals surface area contributed by atoms with Crippen LogP contribution < -0.4 is 34.7 Å². The van der Waals surface area contributed by atoms with E-state index in [-0.39, 0.29) is 70.9 Å². The van der Waals surface area contributed by atoms with Crippen molar-refractivity contribution in [2.75, 3.05) is 0 Å². The van der Waals surface area contributed by atoms with Gasteiger partial charge in [-0.2, -0.15) is 13.2 Å². The summed E-state index contributed by atoms with van der Waals surface area (Å²) in [5.41, 5.74) is 0.567. The van der Waals surface area contributed by atoms with Gasteiger partial charge in [-0.05, 0) is 49.2 Å². The Bertz CT molecular complexity index is 1160. The van der Waals surface area contributed by atoms with E-state index in [0.717, 1.165) is 16.7 Å². The van der Waals surface area contributed by atoms with Crippen molar-refractivity contribution >= 4 is 17.6 Å². The van der Waals surface area contributed by atoms with Gasteiger partial charge in [0.05, 0.1) is 23.6 Å². The number of aliphatic hydroxyl groups is 2. The summed E-state index contributed by atoms with van der Waals surface area (Å²) >= 11 is 6.03. The monoisotopic (exact) mass is 522 g/mol. The molecule has 0 fully saturated rings. The Morgan fingerprint density at radius 3 is 2.31 bits per heavy atom. The molecule has 35 heavy (non-hydrogen) atoms. The van der Waals surface area contributed by atoms with E-state index in [2.05, 4.69) is 4.98 Å². The molecule has 0 saturated heterocycles. The minimum Gasteiger partial charge on any atom is -0.550 e. The van der Waals surface area contributed by atoms with Gasteiger partial charge in [0, 0.05) is 35.1 Å². The Labute approximate surface area is 225 Å². The van der Waals surface area contributed by atoms with Crippen molar-refractivity contribution in [1.29, 1.82) is 0 Å². The first-order chi connectivity index (χ1) is 16.0. The maximum atomic E-state index is 14.0. The van der Waals surface area contributed by atoms with E-state index in [4.69, 9.17) is 11.6 Å². The van der Waals surface area contributed by atoms with Crippen LogP contribution in [-0.4, -0.2) is 37.9 Å². The molecular formula is C23H20ClF4N2NaO4. The molecule has 3 rings (SSSR count). The van der Waals surface area contributed by atoms with E-state index in [9.17, 15) is 37.7 Å². The molecule has 0 aliphatic heterocycles. The summed E-state index contributed by atoms with van der Waals surface area (Å²) in [5, 5.41) is 30.7. The van der Waals surface area contributed by atoms with Gasteiger partial charge in [0.25, 0.3) is 0 Å². The van der Waals surface area contributed by atoms with Gasteiger partial charge >= 0.3 is 35.7 Å². The molecule has 6 nitrogen and oxygen atoms in total. The molecular weight excluding hydrogens is 503 g/mol. The van der Waals surface area contributed by atoms with Crippen LogP contribution in [-0.2, 0) is 17.5 Å². The minimum atomic E-state index is -4.86. The SMILES string of the molecule is O=C([O-])C[C@H](O)C[C@H](O)CCn1c(C(F)(F)F)nc(-c2cccc(Cl)c2)c1-c1ccc(F)cc1.[Na+]. The third-order valence-corrected chi connectivity index (χ3v) is 5.30. The number of hydrogen-bond acceptors (Lipinski definition) is 5. The molecule has 1 aromatic heterocycles. The van der Waals surface area contributed by atoms with E-state index in [0.29, 0.717) is 5.56 Å². The zero-order chi connectivity index (χ0) is 25.0. The average molecular weight is 523 g/mol. The van der Waals surface area contributed by atoms with Crippen LogP contribution in [0.15, 0.2) is 48.5 Å². The van der Waals surface area contributed by atoms with Crippen LogP contribution in [0.4, 0.5) is 17.6 Å². The van der Waals surface area contributed by atoms with Crippen LogP contribution in [0.5, 0.6) is 0 Å². The second-order valence-corrected chi connectivity index (χ2v) is 8.14. The zero-order valence-electron chi connectivity index (χ0n) is 18.6. The first-order valence-electron chi connectivity index (χ1n) is 10.2. The van der Waals surface area contributed by atoms with E-state index >= 15 is 0 Å². The molecule has 0 unspecified atom stereocenters. The fourth-order valence-corrected chi connectivity index (χ4v) is 3.80. The summed E-state index contributed by atoms with van der Waals surface area (Å²) in [6.07, 6.45) is -8.89. The van der Waals surface area contributed by atoms with Crippen LogP contribution in [0.25, 0.3) is 22.5 Å². The number of halogens is 5. The van der Waals surface area contributed by atoms with Gasteiger partial charge in [-0.1, -0.05) is 23.7 Å². The molecule has 0 spiro atoms. The van der Waals surface area contributed by atoms with Crippen LogP contribution >= 0.6 is 11.6 Å². The summed E-state index contributed by atoms with van der Waals surface area (Å²) in [7, 11) is 0. The molecule has 0 radical (unpaired) electrons. The Balaban J connectivity index is 0.00000432. The minimum absolute atomic E-state index is 0. The number of benzene rings is 2. The molecule has 1 heterocycles. The maximum Gasteiger partial charge on any atom is 1.00 e. The third kappa shape index (κ3) is 7.77. The average Bonchev–Trinajstić information content (AvgIpc) is 3.12. The number of carboxylic acid groups (broad SMARTS) is 1. The predicted octanol–water partition coefficient (Wildman–Crippen LogP) is 0.674. The van der Waals surface area contributed by atoms with E-state index in [1.807, 2.05) is 0 Å². The van der Waals surface area contributed by atoms with Crippen LogP contribution in [0.2, 0.25) is 5.02 Å². The number of rotatable bonds is 9. The first-order valence-corrected chi connectivity index (χ1v) is 10.6. The number of carbonyl (C=O) groups is 1. The number of hydrogen-bond donors (Lipinski definition) is 2. The molecule has 0 amide bonds. The summed E-state index contributed by atoms with van der Waals surface area (Å²) < 4.78 is 56.2. The number of carbonyl (C=O) groups excluding carboxylic acids is 1. The number of aliphatic hydroxyl groups excluding tert-OH is 2. The Kier molecular flexibility index (Phi) is 10.3. The Hall–Kier alpha value is -1.95. The summed E-state index contributed by atoms with van der Waals surface area (Å²) in [4.78, 5) is 14.4. The molecule has 12 heteroatoms. The van der Waals surface area contributed by atoms with Crippen molar-refractivity contribution in [3.8, 4) is 22.5 Å². The summed E-state index contributed by atoms with van der Waals surface area (Å²) in [5.74, 6) is -3.32. The number of carboxylic acids is 1. The number of aliphatic carboxylic acids is 1. The fourth-order valence-electron chi connectivity index (χ4n) is 3.61. The Morgan fingerprint density at radius 2 is 1.74 bits per heavy atom. The van der Waals surface area contributed by atoms with Crippen LogP contribution in [0, 0.1) is 5.82 Å². The standard InChI is InChI=1S/C23H21ClF4N2O4.Na/c24-15-3-1-2-14(10-15)20-21(13-4-6-16(25)7-5-13)30(22(29-20)23(26,27)28)9-8-17(31)11-18(32)12-19(33)34;/h1-7,10,17-18,31-32H,8-9,11-12H2,(H,33,34);/q;+1/p-1/t17-,18-;/m1./s1. The van der Waals surface area contributed by atoms with Crippen molar-refractivity contribution in [2.45, 2.75) is 44.2 Å². The molecule has 0 aliphatic rings. The van der Waals surface area contributed by atoms with Gasteiger partial charge in [-0.15, -0.1) is 0 Å². The molecule has 182 valence electrons. The van der Waals surface area contributed by atoms with Crippen molar-refractivity contribution in [1.82, 2.24) is 9.55 Å². The van der Waals surface area contributed by atoms with E-state index < -0.39 is 42.4 Å². The van der Waals surface area contributed by atoms with Gasteiger partial charge in [0.15, 0.2) is 0 Å². The number of alkyl halides is 3. The fraction of sp³-hybridized carbons (Fsp3) is 0.304. The zero-order valence-corrected chi connectivity index (χ0v) is 21.4. The van der Waals surface area contributed by atoms with Gasteiger partial charge in [-0.3, -0.25) is 0 Å². The largest absolute Gasteiger partial charge is 1.00 e. The molecule has 2 N–H and O–H groups in total. The first kappa shape index (κ1) is 29.3. The smallest absolute Gasteiger partial charge is 0.550 e.